The van der Waals surface area contributed by atoms with E-state index in [1.54, 1.807) is 0 Å². The van der Waals surface area contributed by atoms with Crippen LogP contribution in [0, 0.1) is 0 Å². The Balaban J connectivity index is 0.000000382. The quantitative estimate of drug-likeness (QED) is 0.429. The van der Waals surface area contributed by atoms with Crippen LogP contribution in [-0.2, 0) is 0 Å². The van der Waals surface area contributed by atoms with Crippen LogP contribution in [0.25, 0.3) is 0 Å². The van der Waals surface area contributed by atoms with Gasteiger partial charge in [-0.3, -0.25) is 9.97 Å². The second-order valence-electron chi connectivity index (χ2n) is 4.28. The van der Waals surface area contributed by atoms with Crippen molar-refractivity contribution in [3.63, 3.8) is 0 Å². The predicted molar refractivity (Wildman–Crippen MR) is 93.9 cm³/mol. The van der Waals surface area contributed by atoms with E-state index in [0.717, 1.165) is 0 Å². The van der Waals surface area contributed by atoms with Gasteiger partial charge in [0, 0.05) is 26.2 Å². The molecule has 11 heteroatoms. The maximum atomic E-state index is 8.46. The Morgan fingerprint density at radius 1 is 0.840 bits per heavy atom. The maximum absolute atomic E-state index is 8.46. The number of nitrogen functional groups attached to an aromatic ring is 2. The SMILES string of the molecule is Nc1cncc(Cl)n1.Nc1cncc(OCCCO)n1.OCCCO. The third kappa shape index (κ3) is 13.8. The number of aliphatic hydroxyl groups is 3. The highest BCUT2D eigenvalue weighted by Gasteiger charge is 1.95. The molecule has 2 aromatic rings. The molecular formula is C14H23ClN6O4. The van der Waals surface area contributed by atoms with E-state index in [9.17, 15) is 0 Å². The zero-order chi connectivity index (χ0) is 18.9. The Hall–Kier alpha value is -2.27. The molecule has 140 valence electrons. The molecule has 0 saturated carbocycles. The number of rotatable bonds is 6. The highest BCUT2D eigenvalue weighted by atomic mass is 35.5. The summed E-state index contributed by atoms with van der Waals surface area (Å²) in [4.78, 5) is 15.0. The minimum atomic E-state index is 0.0938. The topological polar surface area (TPSA) is 174 Å². The van der Waals surface area contributed by atoms with Gasteiger partial charge in [-0.25, -0.2) is 4.98 Å². The van der Waals surface area contributed by atoms with E-state index >= 15 is 0 Å². The van der Waals surface area contributed by atoms with Crippen molar-refractivity contribution in [2.75, 3.05) is 37.9 Å². The summed E-state index contributed by atoms with van der Waals surface area (Å²) >= 11 is 5.39. The van der Waals surface area contributed by atoms with Gasteiger partial charge in [-0.2, -0.15) is 4.98 Å². The van der Waals surface area contributed by atoms with Gasteiger partial charge in [-0.15, -0.1) is 0 Å². The molecule has 2 rings (SSSR count). The van der Waals surface area contributed by atoms with Gasteiger partial charge >= 0.3 is 0 Å². The van der Waals surface area contributed by atoms with Gasteiger partial charge < -0.3 is 31.5 Å². The molecule has 2 aromatic heterocycles. The molecule has 0 aliphatic carbocycles. The van der Waals surface area contributed by atoms with Crippen LogP contribution in [0.3, 0.4) is 0 Å². The zero-order valence-corrected chi connectivity index (χ0v) is 14.4. The monoisotopic (exact) mass is 374 g/mol. The molecule has 0 spiro atoms. The number of anilines is 2. The predicted octanol–water partition coefficient (Wildman–Crippen LogP) is -0.107. The van der Waals surface area contributed by atoms with Crippen LogP contribution in [0.2, 0.25) is 5.15 Å². The second-order valence-corrected chi connectivity index (χ2v) is 4.66. The first-order valence-corrected chi connectivity index (χ1v) is 7.67. The minimum absolute atomic E-state index is 0.0938. The highest BCUT2D eigenvalue weighted by Crippen LogP contribution is 2.05. The molecule has 0 aromatic carbocycles. The van der Waals surface area contributed by atoms with Crippen molar-refractivity contribution < 1.29 is 20.1 Å². The van der Waals surface area contributed by atoms with E-state index in [1.807, 2.05) is 0 Å². The minimum Gasteiger partial charge on any atom is -0.476 e. The van der Waals surface area contributed by atoms with Gasteiger partial charge in [0.05, 0.1) is 31.4 Å². The molecule has 0 bridgehead atoms. The van der Waals surface area contributed by atoms with E-state index in [2.05, 4.69) is 19.9 Å². The summed E-state index contributed by atoms with van der Waals surface area (Å²) in [5.41, 5.74) is 10.6. The fourth-order valence-electron chi connectivity index (χ4n) is 1.10. The normalized spacial score (nSPS) is 9.28. The van der Waals surface area contributed by atoms with Crippen LogP contribution in [0.5, 0.6) is 5.88 Å². The Kier molecular flexibility index (Phi) is 13.9. The van der Waals surface area contributed by atoms with E-state index in [-0.39, 0.29) is 19.8 Å². The van der Waals surface area contributed by atoms with E-state index in [1.165, 1.54) is 24.8 Å². The summed E-state index contributed by atoms with van der Waals surface area (Å²) < 4.78 is 5.11. The van der Waals surface area contributed by atoms with E-state index in [4.69, 9.17) is 43.1 Å². The molecule has 0 unspecified atom stereocenters. The number of nitrogens with two attached hydrogens (primary N) is 2. The molecule has 0 aliphatic heterocycles. The van der Waals surface area contributed by atoms with Crippen LogP contribution in [0.4, 0.5) is 11.6 Å². The van der Waals surface area contributed by atoms with Gasteiger partial charge in [0.15, 0.2) is 0 Å². The van der Waals surface area contributed by atoms with Crippen molar-refractivity contribution in [3.8, 4) is 5.88 Å². The molecule has 0 saturated heterocycles. The summed E-state index contributed by atoms with van der Waals surface area (Å²) in [7, 11) is 0. The van der Waals surface area contributed by atoms with Crippen LogP contribution in [-0.4, -0.2) is 61.7 Å². The standard InChI is InChI=1S/C7H11N3O2.C4H4ClN3.C3H8O2/c8-6-4-9-5-7(10-6)12-3-1-2-11;5-3-1-7-2-4(6)8-3;4-2-1-3-5/h4-5,11H,1-3H2,(H2,8,10);1-2H,(H2,6,8);4-5H,1-3H2. The number of hydrogen-bond acceptors (Lipinski definition) is 10. The molecule has 7 N–H and O–H groups in total. The molecular weight excluding hydrogens is 352 g/mol. The maximum Gasteiger partial charge on any atom is 0.234 e. The van der Waals surface area contributed by atoms with Crippen LogP contribution < -0.4 is 16.2 Å². The number of hydrogen-bond donors (Lipinski definition) is 5. The van der Waals surface area contributed by atoms with Crippen LogP contribution in [0.15, 0.2) is 24.8 Å². The van der Waals surface area contributed by atoms with Gasteiger partial charge in [-0.05, 0) is 6.42 Å². The fraction of sp³-hybridized carbons (Fsp3) is 0.429. The summed E-state index contributed by atoms with van der Waals surface area (Å²) in [5, 5.41) is 24.6. The van der Waals surface area contributed by atoms with Gasteiger partial charge in [0.2, 0.25) is 5.88 Å². The first-order chi connectivity index (χ1) is 12.0. The molecule has 0 aliphatic rings. The molecule has 2 heterocycles. The van der Waals surface area contributed by atoms with Crippen molar-refractivity contribution in [3.05, 3.63) is 29.9 Å². The van der Waals surface area contributed by atoms with Gasteiger partial charge in [0.25, 0.3) is 0 Å². The van der Waals surface area contributed by atoms with E-state index in [0.29, 0.717) is 42.1 Å². The molecule has 25 heavy (non-hydrogen) atoms. The van der Waals surface area contributed by atoms with E-state index < -0.39 is 0 Å². The average Bonchev–Trinajstić information content (AvgIpc) is 2.57. The Labute approximate surface area is 150 Å². The lowest BCUT2D eigenvalue weighted by atomic mass is 10.5. The van der Waals surface area contributed by atoms with Crippen molar-refractivity contribution in [2.45, 2.75) is 12.8 Å². The molecule has 0 atom stereocenters. The van der Waals surface area contributed by atoms with Crippen LogP contribution in [0.1, 0.15) is 12.8 Å². The summed E-state index contributed by atoms with van der Waals surface area (Å²) in [5.74, 6) is 1.07. The van der Waals surface area contributed by atoms with Gasteiger partial charge in [-0.1, -0.05) is 11.6 Å². The number of aromatic nitrogens is 4. The van der Waals surface area contributed by atoms with Crippen molar-refractivity contribution in [1.82, 2.24) is 19.9 Å². The summed E-state index contributed by atoms with van der Waals surface area (Å²) in [6.07, 6.45) is 6.87. The fourth-order valence-corrected chi connectivity index (χ4v) is 1.25. The molecule has 0 amide bonds. The highest BCUT2D eigenvalue weighted by molar-refractivity contribution is 6.29. The van der Waals surface area contributed by atoms with Crippen LogP contribution >= 0.6 is 11.6 Å². The Bertz CT molecular complexity index is 559. The third-order valence-electron chi connectivity index (χ3n) is 2.12. The van der Waals surface area contributed by atoms with Crippen molar-refractivity contribution in [1.29, 1.82) is 0 Å². The largest absolute Gasteiger partial charge is 0.476 e. The molecule has 0 radical (unpaired) electrons. The average molecular weight is 375 g/mol. The number of ether oxygens (including phenoxy) is 1. The Morgan fingerprint density at radius 3 is 1.80 bits per heavy atom. The van der Waals surface area contributed by atoms with Gasteiger partial charge in [0.1, 0.15) is 16.8 Å². The number of halogens is 1. The lowest BCUT2D eigenvalue weighted by Crippen LogP contribution is -2.02. The summed E-state index contributed by atoms with van der Waals surface area (Å²) in [6.45, 7) is 0.720. The smallest absolute Gasteiger partial charge is 0.234 e. The second kappa shape index (κ2) is 15.3. The molecule has 0 fully saturated rings. The number of aliphatic hydroxyl groups excluding tert-OH is 3. The zero-order valence-electron chi connectivity index (χ0n) is 13.6. The first-order valence-electron chi connectivity index (χ1n) is 7.29. The summed E-state index contributed by atoms with van der Waals surface area (Å²) in [6, 6.07) is 0. The first kappa shape index (κ1) is 22.7. The lowest BCUT2D eigenvalue weighted by Gasteiger charge is -2.02. The van der Waals surface area contributed by atoms with Crippen molar-refractivity contribution >= 4 is 23.2 Å². The lowest BCUT2D eigenvalue weighted by molar-refractivity contribution is 0.221. The third-order valence-corrected chi connectivity index (χ3v) is 2.31. The Morgan fingerprint density at radius 2 is 1.40 bits per heavy atom. The molecule has 10 nitrogen and oxygen atoms in total. The van der Waals surface area contributed by atoms with Crippen molar-refractivity contribution in [2.24, 2.45) is 0 Å². The number of nitrogens with zero attached hydrogens (tertiary/aromatic N) is 4.